The van der Waals surface area contributed by atoms with Crippen LogP contribution in [-0.2, 0) is 16.0 Å². The van der Waals surface area contributed by atoms with E-state index >= 15 is 0 Å². The molecule has 0 bridgehead atoms. The van der Waals surface area contributed by atoms with Gasteiger partial charge in [0.15, 0.2) is 0 Å². The number of morpholine rings is 1. The minimum Gasteiger partial charge on any atom is -0.374 e. The Morgan fingerprint density at radius 2 is 2.00 bits per heavy atom. The molecule has 1 N–H and O–H groups in total. The summed E-state index contributed by atoms with van der Waals surface area (Å²) >= 11 is 0. The van der Waals surface area contributed by atoms with E-state index in [4.69, 9.17) is 9.72 Å². The van der Waals surface area contributed by atoms with Crippen molar-refractivity contribution in [2.75, 3.05) is 20.2 Å². The van der Waals surface area contributed by atoms with Gasteiger partial charge in [-0.1, -0.05) is 6.07 Å². The maximum atomic E-state index is 12.1. The molecule has 7 heteroatoms. The second-order valence-corrected chi connectivity index (χ2v) is 8.63. The molecule has 1 saturated heterocycles. The van der Waals surface area contributed by atoms with Crippen molar-refractivity contribution in [1.82, 2.24) is 19.6 Å². The number of pyridine rings is 1. The predicted molar refractivity (Wildman–Crippen MR) is 124 cm³/mol. The second-order valence-electron chi connectivity index (χ2n) is 8.63. The number of rotatable bonds is 4. The van der Waals surface area contributed by atoms with Crippen LogP contribution in [0.4, 0.5) is 0 Å². The normalized spacial score (nSPS) is 18.7. The van der Waals surface area contributed by atoms with Crippen LogP contribution in [0.15, 0.2) is 36.5 Å². The summed E-state index contributed by atoms with van der Waals surface area (Å²) in [5, 5.41) is 2.67. The smallest absolute Gasteiger partial charge is 0.251 e. The van der Waals surface area contributed by atoms with Crippen molar-refractivity contribution in [2.45, 2.75) is 46.3 Å². The molecule has 0 spiro atoms. The lowest BCUT2D eigenvalue weighted by atomic mass is 9.99. The third-order valence-corrected chi connectivity index (χ3v) is 6.18. The van der Waals surface area contributed by atoms with Crippen molar-refractivity contribution in [3.05, 3.63) is 58.9 Å². The number of fused-ring (bicyclic) bond motifs is 1. The Labute approximate surface area is 188 Å². The number of hydrogen-bond acceptors (Lipinski definition) is 4. The maximum Gasteiger partial charge on any atom is 0.251 e. The highest BCUT2D eigenvalue weighted by atomic mass is 16.5. The van der Waals surface area contributed by atoms with E-state index in [2.05, 4.69) is 21.9 Å². The zero-order chi connectivity index (χ0) is 23.0. The van der Waals surface area contributed by atoms with Crippen molar-refractivity contribution >= 4 is 17.5 Å². The average molecular weight is 435 g/mol. The largest absolute Gasteiger partial charge is 0.374 e. The minimum absolute atomic E-state index is 0.0698. The van der Waals surface area contributed by atoms with Crippen LogP contribution in [0.25, 0.3) is 16.9 Å². The average Bonchev–Trinajstić information content (AvgIpc) is 3.11. The van der Waals surface area contributed by atoms with E-state index in [1.807, 2.05) is 50.1 Å². The molecule has 3 aromatic rings. The molecule has 0 radical (unpaired) electrons. The lowest BCUT2D eigenvalue weighted by molar-refractivity contribution is -0.141. The summed E-state index contributed by atoms with van der Waals surface area (Å²) in [5.41, 5.74) is 6.52. The van der Waals surface area contributed by atoms with Gasteiger partial charge in [-0.25, -0.2) is 4.98 Å². The first-order valence-corrected chi connectivity index (χ1v) is 11.0. The van der Waals surface area contributed by atoms with Gasteiger partial charge in [0, 0.05) is 44.3 Å². The number of aryl methyl sites for hydroxylation is 2. The van der Waals surface area contributed by atoms with Crippen LogP contribution < -0.4 is 5.32 Å². The third-order valence-electron chi connectivity index (χ3n) is 6.18. The summed E-state index contributed by atoms with van der Waals surface area (Å²) in [6.45, 7) is 8.75. The second kappa shape index (κ2) is 8.74. The Kier molecular flexibility index (Phi) is 6.02. The van der Waals surface area contributed by atoms with E-state index in [9.17, 15) is 9.59 Å². The predicted octanol–water partition coefficient (Wildman–Crippen LogP) is 3.16. The Balaban J connectivity index is 1.76. The first-order chi connectivity index (χ1) is 15.3. The standard InChI is InChI=1S/C25H30N4O3/c1-15-8-9-28-22(12-20-13-29(18(4)30)17(3)14-32-20)24(27-23(28)10-15)21-7-6-19(11-16(21)2)25(31)26-5/h6-11,17,20H,12-14H2,1-5H3,(H,26,31)/t17-,20+/m1/s1. The summed E-state index contributed by atoms with van der Waals surface area (Å²) in [4.78, 5) is 31.0. The van der Waals surface area contributed by atoms with Gasteiger partial charge < -0.3 is 19.4 Å². The Hall–Kier alpha value is -3.19. The summed E-state index contributed by atoms with van der Waals surface area (Å²) in [5.74, 6) is -0.0417. The summed E-state index contributed by atoms with van der Waals surface area (Å²) in [6, 6.07) is 9.89. The molecule has 168 valence electrons. The Morgan fingerprint density at radius 3 is 2.69 bits per heavy atom. The van der Waals surface area contributed by atoms with Gasteiger partial charge in [-0.3, -0.25) is 9.59 Å². The van der Waals surface area contributed by atoms with Gasteiger partial charge in [0.05, 0.1) is 30.1 Å². The highest BCUT2D eigenvalue weighted by Crippen LogP contribution is 2.30. The summed E-state index contributed by atoms with van der Waals surface area (Å²) in [6.07, 6.45) is 2.56. The van der Waals surface area contributed by atoms with Crippen LogP contribution in [0.1, 0.15) is 41.0 Å². The highest BCUT2D eigenvalue weighted by molar-refractivity contribution is 5.95. The fraction of sp³-hybridized carbons (Fsp3) is 0.400. The molecule has 4 rings (SSSR count). The van der Waals surface area contributed by atoms with Crippen molar-refractivity contribution in [2.24, 2.45) is 0 Å². The molecule has 2 aromatic heterocycles. The molecule has 32 heavy (non-hydrogen) atoms. The molecule has 0 aliphatic carbocycles. The van der Waals surface area contributed by atoms with Crippen LogP contribution >= 0.6 is 0 Å². The SMILES string of the molecule is CNC(=O)c1ccc(-c2nc3cc(C)ccn3c2C[C@H]2CN(C(C)=O)[C@H](C)CO2)c(C)c1. The lowest BCUT2D eigenvalue weighted by Gasteiger charge is -2.37. The van der Waals surface area contributed by atoms with Crippen LogP contribution in [0.5, 0.6) is 0 Å². The topological polar surface area (TPSA) is 75.9 Å². The number of imidazole rings is 1. The van der Waals surface area contributed by atoms with Crippen molar-refractivity contribution in [3.63, 3.8) is 0 Å². The van der Waals surface area contributed by atoms with Gasteiger partial charge in [0.25, 0.3) is 5.91 Å². The van der Waals surface area contributed by atoms with Crippen LogP contribution in [-0.4, -0.2) is 58.4 Å². The number of hydrogen-bond donors (Lipinski definition) is 1. The highest BCUT2D eigenvalue weighted by Gasteiger charge is 2.30. The molecule has 1 aromatic carbocycles. The number of carbonyl (C=O) groups is 2. The van der Waals surface area contributed by atoms with Gasteiger partial charge in [-0.05, 0) is 56.2 Å². The summed E-state index contributed by atoms with van der Waals surface area (Å²) in [7, 11) is 1.63. The number of benzene rings is 1. The molecular weight excluding hydrogens is 404 g/mol. The van der Waals surface area contributed by atoms with Gasteiger partial charge in [0.2, 0.25) is 5.91 Å². The maximum absolute atomic E-state index is 12.1. The van der Waals surface area contributed by atoms with Gasteiger partial charge in [-0.15, -0.1) is 0 Å². The number of ether oxygens (including phenoxy) is 1. The van der Waals surface area contributed by atoms with Crippen LogP contribution in [0, 0.1) is 13.8 Å². The summed E-state index contributed by atoms with van der Waals surface area (Å²) < 4.78 is 8.22. The van der Waals surface area contributed by atoms with Crippen molar-refractivity contribution in [1.29, 1.82) is 0 Å². The molecule has 2 amide bonds. The van der Waals surface area contributed by atoms with Crippen molar-refractivity contribution < 1.29 is 14.3 Å². The monoisotopic (exact) mass is 434 g/mol. The lowest BCUT2D eigenvalue weighted by Crippen LogP contribution is -2.50. The van der Waals surface area contributed by atoms with E-state index in [0.717, 1.165) is 33.7 Å². The van der Waals surface area contributed by atoms with Gasteiger partial charge >= 0.3 is 0 Å². The Bertz CT molecular complexity index is 1180. The quantitative estimate of drug-likeness (QED) is 0.684. The third kappa shape index (κ3) is 4.12. The molecule has 1 fully saturated rings. The van der Waals surface area contributed by atoms with Crippen molar-refractivity contribution in [3.8, 4) is 11.3 Å². The van der Waals surface area contributed by atoms with Gasteiger partial charge in [-0.2, -0.15) is 0 Å². The number of nitrogens with one attached hydrogen (secondary N) is 1. The zero-order valence-electron chi connectivity index (χ0n) is 19.3. The molecular formula is C25H30N4O3. The van der Waals surface area contributed by atoms with E-state index < -0.39 is 0 Å². The fourth-order valence-corrected chi connectivity index (χ4v) is 4.42. The van der Waals surface area contributed by atoms with Crippen LogP contribution in [0.2, 0.25) is 0 Å². The van der Waals surface area contributed by atoms with Gasteiger partial charge in [0.1, 0.15) is 5.65 Å². The molecule has 1 aliphatic rings. The van der Waals surface area contributed by atoms with E-state index in [1.54, 1.807) is 14.0 Å². The number of nitrogens with zero attached hydrogens (tertiary/aromatic N) is 3. The molecule has 1 aliphatic heterocycles. The number of aromatic nitrogens is 2. The van der Waals surface area contributed by atoms with E-state index in [0.29, 0.717) is 25.1 Å². The molecule has 7 nitrogen and oxygen atoms in total. The van der Waals surface area contributed by atoms with Crippen LogP contribution in [0.3, 0.4) is 0 Å². The first-order valence-electron chi connectivity index (χ1n) is 11.0. The molecule has 3 heterocycles. The number of carbonyl (C=O) groups excluding carboxylic acids is 2. The first kappa shape index (κ1) is 22.0. The minimum atomic E-state index is -0.112. The number of amides is 2. The fourth-order valence-electron chi connectivity index (χ4n) is 4.42. The zero-order valence-corrected chi connectivity index (χ0v) is 19.3. The Morgan fingerprint density at radius 1 is 1.22 bits per heavy atom. The molecule has 0 saturated carbocycles. The van der Waals surface area contributed by atoms with E-state index in [-0.39, 0.29) is 24.0 Å². The molecule has 0 unspecified atom stereocenters. The van der Waals surface area contributed by atoms with E-state index in [1.165, 1.54) is 0 Å². The molecule has 2 atom stereocenters.